The Hall–Kier alpha value is -2.63. The van der Waals surface area contributed by atoms with Crippen LogP contribution in [0.25, 0.3) is 0 Å². The van der Waals surface area contributed by atoms with Gasteiger partial charge in [0, 0.05) is 48.7 Å². The number of aromatic nitrogens is 2. The van der Waals surface area contributed by atoms with Gasteiger partial charge in [-0.3, -0.25) is 14.9 Å². The number of hydrogen-bond acceptors (Lipinski definition) is 5. The Kier molecular flexibility index (Phi) is 6.04. The van der Waals surface area contributed by atoms with E-state index < -0.39 is 0 Å². The number of ether oxygens (including phenoxy) is 1. The number of phenolic OH excluding ortho intramolecular Hbond substituents is 1. The lowest BCUT2D eigenvalue weighted by molar-refractivity contribution is 0.237. The van der Waals surface area contributed by atoms with Gasteiger partial charge in [-0.15, -0.1) is 0 Å². The van der Waals surface area contributed by atoms with Crippen molar-refractivity contribution in [2.75, 3.05) is 7.11 Å². The van der Waals surface area contributed by atoms with E-state index in [-0.39, 0.29) is 5.75 Å². The maximum Gasteiger partial charge on any atom is 0.162 e. The highest BCUT2D eigenvalue weighted by Crippen LogP contribution is 2.34. The molecule has 0 saturated carbocycles. The largest absolute Gasteiger partial charge is 0.504 e. The van der Waals surface area contributed by atoms with Gasteiger partial charge in [0.15, 0.2) is 11.5 Å². The van der Waals surface area contributed by atoms with Gasteiger partial charge in [0.2, 0.25) is 0 Å². The van der Waals surface area contributed by atoms with Crippen molar-refractivity contribution in [1.29, 1.82) is 0 Å². The molecule has 0 atom stereocenters. The molecule has 0 saturated heterocycles. The minimum Gasteiger partial charge on any atom is -0.504 e. The Morgan fingerprint density at radius 1 is 0.962 bits per heavy atom. The molecule has 2 aromatic heterocycles. The van der Waals surface area contributed by atoms with Crippen LogP contribution in [0.4, 0.5) is 0 Å². The number of rotatable bonds is 7. The lowest BCUT2D eigenvalue weighted by Gasteiger charge is -2.23. The highest BCUT2D eigenvalue weighted by Gasteiger charge is 2.15. The van der Waals surface area contributed by atoms with E-state index in [9.17, 15) is 5.11 Å². The number of phenols is 1. The molecule has 5 nitrogen and oxygen atoms in total. The fourth-order valence-electron chi connectivity index (χ4n) is 2.75. The number of pyridine rings is 2. The van der Waals surface area contributed by atoms with Crippen LogP contribution in [0, 0.1) is 0 Å². The molecule has 3 aromatic rings. The van der Waals surface area contributed by atoms with Crippen LogP contribution in [0.2, 0.25) is 5.02 Å². The number of aromatic hydroxyl groups is 1. The van der Waals surface area contributed by atoms with E-state index in [2.05, 4.69) is 14.9 Å². The van der Waals surface area contributed by atoms with Crippen LogP contribution < -0.4 is 4.74 Å². The van der Waals surface area contributed by atoms with E-state index in [0.29, 0.717) is 36.0 Å². The van der Waals surface area contributed by atoms with Crippen LogP contribution in [0.3, 0.4) is 0 Å². The third kappa shape index (κ3) is 4.71. The summed E-state index contributed by atoms with van der Waals surface area (Å²) in [5, 5.41) is 11.0. The summed E-state index contributed by atoms with van der Waals surface area (Å²) in [5.74, 6) is 0.465. The topological polar surface area (TPSA) is 58.5 Å². The number of hydrogen-bond donors (Lipinski definition) is 1. The van der Waals surface area contributed by atoms with Gasteiger partial charge in [-0.25, -0.2) is 0 Å². The van der Waals surface area contributed by atoms with Gasteiger partial charge in [0.05, 0.1) is 18.5 Å². The molecule has 26 heavy (non-hydrogen) atoms. The monoisotopic (exact) mass is 369 g/mol. The lowest BCUT2D eigenvalue weighted by atomic mass is 10.1. The van der Waals surface area contributed by atoms with E-state index in [1.54, 1.807) is 24.5 Å². The molecule has 134 valence electrons. The number of halogens is 1. The molecule has 0 unspecified atom stereocenters. The molecule has 0 radical (unpaired) electrons. The van der Waals surface area contributed by atoms with E-state index in [1.807, 2.05) is 36.4 Å². The van der Waals surface area contributed by atoms with Crippen LogP contribution in [0.1, 0.15) is 17.0 Å². The molecule has 3 rings (SSSR count). The van der Waals surface area contributed by atoms with E-state index in [0.717, 1.165) is 11.4 Å². The summed E-state index contributed by atoms with van der Waals surface area (Å²) in [6, 6.07) is 15.0. The van der Waals surface area contributed by atoms with Crippen molar-refractivity contribution >= 4 is 11.6 Å². The van der Waals surface area contributed by atoms with E-state index >= 15 is 0 Å². The normalized spacial score (nSPS) is 10.9. The Labute approximate surface area is 157 Å². The highest BCUT2D eigenvalue weighted by atomic mass is 35.5. The van der Waals surface area contributed by atoms with Gasteiger partial charge in [-0.05, 0) is 30.3 Å². The summed E-state index contributed by atoms with van der Waals surface area (Å²) < 4.78 is 5.21. The van der Waals surface area contributed by atoms with Crippen molar-refractivity contribution in [3.8, 4) is 11.5 Å². The third-order valence-corrected chi connectivity index (χ3v) is 4.17. The maximum atomic E-state index is 10.5. The molecule has 0 aliphatic heterocycles. The molecule has 1 N–H and O–H groups in total. The molecule has 0 fully saturated rings. The molecular formula is C20H20ClN3O2. The molecule has 0 aliphatic rings. The van der Waals surface area contributed by atoms with Crippen LogP contribution in [-0.4, -0.2) is 27.1 Å². The van der Waals surface area contributed by atoms with Crippen LogP contribution in [0.5, 0.6) is 11.5 Å². The van der Waals surface area contributed by atoms with Gasteiger partial charge >= 0.3 is 0 Å². The molecule has 1 aromatic carbocycles. The Morgan fingerprint density at radius 2 is 1.58 bits per heavy atom. The minimum absolute atomic E-state index is 0.101. The molecule has 6 heteroatoms. The Balaban J connectivity index is 1.87. The number of methoxy groups -OCH3 is 1. The van der Waals surface area contributed by atoms with Gasteiger partial charge < -0.3 is 9.84 Å². The average Bonchev–Trinajstić information content (AvgIpc) is 2.66. The zero-order valence-corrected chi connectivity index (χ0v) is 15.2. The van der Waals surface area contributed by atoms with Crippen LogP contribution in [-0.2, 0) is 19.6 Å². The predicted octanol–water partition coefficient (Wildman–Crippen LogP) is 4.05. The quantitative estimate of drug-likeness (QED) is 0.681. The summed E-state index contributed by atoms with van der Waals surface area (Å²) in [5.41, 5.74) is 2.58. The van der Waals surface area contributed by atoms with Gasteiger partial charge in [0.1, 0.15) is 0 Å². The number of nitrogens with zero attached hydrogens (tertiary/aromatic N) is 3. The fraction of sp³-hybridized carbons (Fsp3) is 0.200. The summed E-state index contributed by atoms with van der Waals surface area (Å²) in [7, 11) is 1.51. The van der Waals surface area contributed by atoms with E-state index in [4.69, 9.17) is 16.3 Å². The van der Waals surface area contributed by atoms with Crippen molar-refractivity contribution in [3.05, 3.63) is 82.9 Å². The predicted molar refractivity (Wildman–Crippen MR) is 101 cm³/mol. The van der Waals surface area contributed by atoms with Crippen molar-refractivity contribution in [2.45, 2.75) is 19.6 Å². The molecule has 0 amide bonds. The zero-order valence-electron chi connectivity index (χ0n) is 14.5. The van der Waals surface area contributed by atoms with Gasteiger partial charge in [0.25, 0.3) is 0 Å². The highest BCUT2D eigenvalue weighted by molar-refractivity contribution is 6.30. The smallest absolute Gasteiger partial charge is 0.162 e. The van der Waals surface area contributed by atoms with Gasteiger partial charge in [-0.1, -0.05) is 23.7 Å². The zero-order chi connectivity index (χ0) is 18.4. The molecule has 0 bridgehead atoms. The molecular weight excluding hydrogens is 350 g/mol. The summed E-state index contributed by atoms with van der Waals surface area (Å²) >= 11 is 6.17. The second-order valence-corrected chi connectivity index (χ2v) is 6.34. The standard InChI is InChI=1S/C20H20ClN3O2/c1-26-19-11-16(21)10-15(20(19)25)12-24(13-17-6-2-4-8-22-17)14-18-7-3-5-9-23-18/h2-11,25H,12-14H2,1H3. The maximum absolute atomic E-state index is 10.5. The second kappa shape index (κ2) is 8.65. The average molecular weight is 370 g/mol. The first-order valence-corrected chi connectivity index (χ1v) is 8.61. The van der Waals surface area contributed by atoms with Crippen LogP contribution >= 0.6 is 11.6 Å². The SMILES string of the molecule is COc1cc(Cl)cc(CN(Cc2ccccn2)Cc2ccccn2)c1O. The first-order valence-electron chi connectivity index (χ1n) is 8.23. The minimum atomic E-state index is 0.101. The van der Waals surface area contributed by atoms with Crippen molar-refractivity contribution in [2.24, 2.45) is 0 Å². The van der Waals surface area contributed by atoms with Gasteiger partial charge in [-0.2, -0.15) is 0 Å². The molecule has 0 aliphatic carbocycles. The lowest BCUT2D eigenvalue weighted by Crippen LogP contribution is -2.23. The summed E-state index contributed by atoms with van der Waals surface area (Å²) in [4.78, 5) is 10.9. The number of benzene rings is 1. The van der Waals surface area contributed by atoms with Crippen LogP contribution in [0.15, 0.2) is 60.9 Å². The fourth-order valence-corrected chi connectivity index (χ4v) is 2.99. The van der Waals surface area contributed by atoms with E-state index in [1.165, 1.54) is 7.11 Å². The second-order valence-electron chi connectivity index (χ2n) is 5.90. The Morgan fingerprint density at radius 3 is 2.08 bits per heavy atom. The third-order valence-electron chi connectivity index (χ3n) is 3.96. The van der Waals surface area contributed by atoms with Crippen molar-refractivity contribution < 1.29 is 9.84 Å². The summed E-state index contributed by atoms with van der Waals surface area (Å²) in [6.45, 7) is 1.72. The van der Waals surface area contributed by atoms with Crippen molar-refractivity contribution in [1.82, 2.24) is 14.9 Å². The van der Waals surface area contributed by atoms with Crippen molar-refractivity contribution in [3.63, 3.8) is 0 Å². The Bertz CT molecular complexity index is 803. The summed E-state index contributed by atoms with van der Waals surface area (Å²) in [6.07, 6.45) is 3.54. The first-order chi connectivity index (χ1) is 12.7. The first kappa shape index (κ1) is 18.2. The molecule has 2 heterocycles. The molecule has 0 spiro atoms.